The van der Waals surface area contributed by atoms with Crippen LogP contribution in [0.25, 0.3) is 0 Å². The van der Waals surface area contributed by atoms with E-state index in [9.17, 15) is 0 Å². The number of nitrogens with zero attached hydrogens (tertiary/aromatic N) is 1. The maximum Gasteiger partial charge on any atom is 0.170 e. The average Bonchev–Trinajstić information content (AvgIpc) is 3.62. The molecule has 0 aliphatic carbocycles. The van der Waals surface area contributed by atoms with Crippen molar-refractivity contribution in [3.05, 3.63) is 36.5 Å². The lowest BCUT2D eigenvalue weighted by molar-refractivity contribution is -0.312. The molecule has 0 aromatic rings. The van der Waals surface area contributed by atoms with Crippen LogP contribution in [0.2, 0.25) is 0 Å². The molecule has 0 amide bonds. The van der Waals surface area contributed by atoms with Gasteiger partial charge in [-0.1, -0.05) is 51.7 Å². The topological polar surface area (TPSA) is 52.7 Å². The Balaban J connectivity index is 0.00000199. The molecule has 0 N–H and O–H groups in total. The van der Waals surface area contributed by atoms with Crippen LogP contribution >= 0.6 is 0 Å². The largest absolute Gasteiger partial charge is 0.375 e. The summed E-state index contributed by atoms with van der Waals surface area (Å²) < 4.78 is 23.4. The molecule has 2 unspecified atom stereocenters. The van der Waals surface area contributed by atoms with Crippen LogP contribution in [-0.4, -0.2) is 67.2 Å². The average molecular weight is 480 g/mol. The van der Waals surface area contributed by atoms with E-state index < -0.39 is 5.79 Å². The van der Waals surface area contributed by atoms with Crippen molar-refractivity contribution in [2.45, 2.75) is 104 Å². The summed E-state index contributed by atoms with van der Waals surface area (Å²) in [6.45, 7) is 24.6. The number of hydrogen-bond acceptors (Lipinski definition) is 6. The first-order valence-electron chi connectivity index (χ1n) is 13.0. The van der Waals surface area contributed by atoms with Crippen molar-refractivity contribution in [2.24, 2.45) is 5.92 Å². The number of rotatable bonds is 9. The Morgan fingerprint density at radius 1 is 1.09 bits per heavy atom. The van der Waals surface area contributed by atoms with E-state index in [0.717, 1.165) is 44.7 Å². The van der Waals surface area contributed by atoms with E-state index in [1.54, 1.807) is 6.08 Å². The summed E-state index contributed by atoms with van der Waals surface area (Å²) in [5.74, 6) is -0.0942. The highest BCUT2D eigenvalue weighted by Crippen LogP contribution is 2.45. The van der Waals surface area contributed by atoms with Gasteiger partial charge in [-0.3, -0.25) is 4.84 Å². The Bertz CT molecular complexity index is 687. The van der Waals surface area contributed by atoms with Gasteiger partial charge in [0, 0.05) is 29.8 Å². The van der Waals surface area contributed by atoms with Crippen LogP contribution in [0.4, 0.5) is 0 Å². The standard InChI is InChI=1S/C26H43NO5.C2H6/c1-8-10-22(11-9-14-28-17-23-18-29-23)21(3)32-27-24(4,5)12-13-26(19-25(27,6)7)30-15-20(2)16-31-26;1-2/h8-11,20-21,23H,1,12-19H2,2-7H3;1-2H3/b11-9-,22-10+;. The van der Waals surface area contributed by atoms with Gasteiger partial charge in [-0.25, -0.2) is 0 Å². The molecule has 3 saturated heterocycles. The highest BCUT2D eigenvalue weighted by Gasteiger charge is 2.52. The number of hydrogen-bond donors (Lipinski definition) is 0. The van der Waals surface area contributed by atoms with Gasteiger partial charge in [0.2, 0.25) is 0 Å². The second-order valence-electron chi connectivity index (χ2n) is 10.8. The van der Waals surface area contributed by atoms with Crippen LogP contribution in [0.3, 0.4) is 0 Å². The fourth-order valence-electron chi connectivity index (χ4n) is 4.74. The van der Waals surface area contributed by atoms with E-state index in [1.165, 1.54) is 0 Å². The minimum Gasteiger partial charge on any atom is -0.375 e. The minimum absolute atomic E-state index is 0.142. The summed E-state index contributed by atoms with van der Waals surface area (Å²) in [6, 6.07) is 0. The number of hydroxylamine groups is 2. The summed E-state index contributed by atoms with van der Waals surface area (Å²) in [4.78, 5) is 6.67. The van der Waals surface area contributed by atoms with Gasteiger partial charge in [0.25, 0.3) is 0 Å². The molecule has 3 rings (SSSR count). The van der Waals surface area contributed by atoms with Crippen LogP contribution in [0.5, 0.6) is 0 Å². The molecule has 34 heavy (non-hydrogen) atoms. The monoisotopic (exact) mass is 479 g/mol. The smallest absolute Gasteiger partial charge is 0.170 e. The van der Waals surface area contributed by atoms with Gasteiger partial charge >= 0.3 is 0 Å². The second kappa shape index (κ2) is 12.8. The summed E-state index contributed by atoms with van der Waals surface area (Å²) in [5, 5.41) is 2.18. The molecule has 0 aromatic heterocycles. The molecule has 3 fully saturated rings. The lowest BCUT2D eigenvalue weighted by atomic mass is 9.92. The van der Waals surface area contributed by atoms with Gasteiger partial charge in [0.05, 0.1) is 33.0 Å². The molecule has 6 nitrogen and oxygen atoms in total. The third kappa shape index (κ3) is 8.28. The van der Waals surface area contributed by atoms with Crippen LogP contribution in [-0.2, 0) is 23.8 Å². The maximum atomic E-state index is 6.67. The molecule has 3 aliphatic rings. The van der Waals surface area contributed by atoms with Crippen LogP contribution < -0.4 is 0 Å². The zero-order valence-corrected chi connectivity index (χ0v) is 22.9. The molecule has 2 atom stereocenters. The van der Waals surface area contributed by atoms with E-state index in [-0.39, 0.29) is 23.3 Å². The molecular formula is C28H49NO5. The molecule has 0 radical (unpaired) electrons. The molecule has 0 aromatic carbocycles. The Hall–Kier alpha value is -1.02. The van der Waals surface area contributed by atoms with Crippen molar-refractivity contribution in [3.8, 4) is 0 Å². The predicted molar refractivity (Wildman–Crippen MR) is 138 cm³/mol. The van der Waals surface area contributed by atoms with Crippen molar-refractivity contribution in [2.75, 3.05) is 33.0 Å². The number of epoxide rings is 1. The van der Waals surface area contributed by atoms with Gasteiger partial charge in [-0.2, -0.15) is 5.06 Å². The van der Waals surface area contributed by atoms with Crippen molar-refractivity contribution >= 4 is 0 Å². The Morgan fingerprint density at radius 2 is 1.74 bits per heavy atom. The SMILES string of the molecule is C=C/C=C(\C=C/COCC1CO1)C(C)ON1C(C)(C)CCC2(CC1(C)C)OCC(C)CO2.CC. The Labute approximate surface area is 208 Å². The van der Waals surface area contributed by atoms with Crippen LogP contribution in [0.1, 0.15) is 74.7 Å². The van der Waals surface area contributed by atoms with E-state index in [1.807, 2.05) is 26.0 Å². The third-order valence-corrected chi connectivity index (χ3v) is 6.45. The summed E-state index contributed by atoms with van der Waals surface area (Å²) in [5.41, 5.74) is 0.606. The van der Waals surface area contributed by atoms with Crippen LogP contribution in [0.15, 0.2) is 36.5 Å². The normalized spacial score (nSPS) is 32.1. The van der Waals surface area contributed by atoms with E-state index in [4.69, 9.17) is 23.8 Å². The lowest BCUT2D eigenvalue weighted by Crippen LogP contribution is -2.57. The summed E-state index contributed by atoms with van der Waals surface area (Å²) >= 11 is 0. The van der Waals surface area contributed by atoms with Crippen molar-refractivity contribution in [1.29, 1.82) is 0 Å². The van der Waals surface area contributed by atoms with Crippen LogP contribution in [0, 0.1) is 5.92 Å². The summed E-state index contributed by atoms with van der Waals surface area (Å²) in [7, 11) is 0. The molecule has 0 bridgehead atoms. The zero-order valence-electron chi connectivity index (χ0n) is 22.9. The first-order chi connectivity index (χ1) is 16.1. The quantitative estimate of drug-likeness (QED) is 0.235. The molecule has 3 aliphatic heterocycles. The third-order valence-electron chi connectivity index (χ3n) is 6.45. The molecule has 3 heterocycles. The van der Waals surface area contributed by atoms with Crippen molar-refractivity contribution in [1.82, 2.24) is 5.06 Å². The maximum absolute atomic E-state index is 6.67. The highest BCUT2D eigenvalue weighted by molar-refractivity contribution is 5.26. The molecular weight excluding hydrogens is 430 g/mol. The predicted octanol–water partition coefficient (Wildman–Crippen LogP) is 5.84. The van der Waals surface area contributed by atoms with Gasteiger partial charge in [-0.05, 0) is 46.6 Å². The number of allylic oxidation sites excluding steroid dienone is 2. The van der Waals surface area contributed by atoms with Gasteiger partial charge in [0.15, 0.2) is 5.79 Å². The summed E-state index contributed by atoms with van der Waals surface area (Å²) in [6.07, 6.45) is 10.6. The molecule has 196 valence electrons. The first-order valence-corrected chi connectivity index (χ1v) is 13.0. The fraction of sp³-hybridized carbons (Fsp3) is 0.786. The van der Waals surface area contributed by atoms with E-state index >= 15 is 0 Å². The van der Waals surface area contributed by atoms with E-state index in [2.05, 4.69) is 59.3 Å². The zero-order chi connectivity index (χ0) is 25.4. The van der Waals surface area contributed by atoms with Crippen molar-refractivity contribution in [3.63, 3.8) is 0 Å². The van der Waals surface area contributed by atoms with E-state index in [0.29, 0.717) is 19.1 Å². The second-order valence-corrected chi connectivity index (χ2v) is 10.8. The Kier molecular flexibility index (Phi) is 11.0. The Morgan fingerprint density at radius 3 is 2.32 bits per heavy atom. The first kappa shape index (κ1) is 29.2. The van der Waals surface area contributed by atoms with Gasteiger partial charge in [0.1, 0.15) is 12.2 Å². The molecule has 6 heteroatoms. The molecule has 0 saturated carbocycles. The minimum atomic E-state index is -0.531. The van der Waals surface area contributed by atoms with Gasteiger partial charge in [-0.15, -0.1) is 0 Å². The molecule has 1 spiro atoms. The fourth-order valence-corrected chi connectivity index (χ4v) is 4.74. The van der Waals surface area contributed by atoms with Gasteiger partial charge < -0.3 is 18.9 Å². The number of ether oxygens (including phenoxy) is 4. The highest BCUT2D eigenvalue weighted by atomic mass is 16.7. The van der Waals surface area contributed by atoms with Crippen molar-refractivity contribution < 1.29 is 23.8 Å². The lowest BCUT2D eigenvalue weighted by Gasteiger charge is -2.48.